The van der Waals surface area contributed by atoms with E-state index < -0.39 is 40.5 Å². The van der Waals surface area contributed by atoms with Gasteiger partial charge in [0.1, 0.15) is 5.82 Å². The number of hydrogen-bond donors (Lipinski definition) is 3. The van der Waals surface area contributed by atoms with Gasteiger partial charge in [-0.1, -0.05) is 30.3 Å². The van der Waals surface area contributed by atoms with Gasteiger partial charge in [-0.3, -0.25) is 24.5 Å². The summed E-state index contributed by atoms with van der Waals surface area (Å²) in [5.74, 6) is -3.10. The Kier molecular flexibility index (Phi) is 8.22. The van der Waals surface area contributed by atoms with Crippen LogP contribution in [0.4, 0.5) is 23.2 Å². The number of amides is 2. The molecule has 0 aliphatic rings. The molecule has 8 nitrogen and oxygen atoms in total. The first kappa shape index (κ1) is 28.6. The number of halogens is 4. The first-order chi connectivity index (χ1) is 19.5. The number of benzene rings is 2. The third kappa shape index (κ3) is 6.44. The smallest absolute Gasteiger partial charge is 0.398 e. The van der Waals surface area contributed by atoms with Crippen molar-refractivity contribution < 1.29 is 27.2 Å². The van der Waals surface area contributed by atoms with Gasteiger partial charge in [0.15, 0.2) is 0 Å². The highest BCUT2D eigenvalue weighted by molar-refractivity contribution is 6.07. The summed E-state index contributed by atoms with van der Waals surface area (Å²) in [6.45, 7) is 0. The van der Waals surface area contributed by atoms with Crippen molar-refractivity contribution in [3.05, 3.63) is 107 Å². The van der Waals surface area contributed by atoms with E-state index in [1.807, 2.05) is 0 Å². The predicted molar refractivity (Wildman–Crippen MR) is 147 cm³/mol. The molecule has 4 rings (SSSR count). The molecule has 2 amide bonds. The number of rotatable bonds is 7. The molecule has 2 aromatic heterocycles. The van der Waals surface area contributed by atoms with Crippen molar-refractivity contribution in [2.75, 3.05) is 12.4 Å². The number of nitrogens with one attached hydrogen (secondary N) is 1. The van der Waals surface area contributed by atoms with Gasteiger partial charge in [0, 0.05) is 48.0 Å². The zero-order chi connectivity index (χ0) is 29.7. The summed E-state index contributed by atoms with van der Waals surface area (Å²) in [6, 6.07) is 14.2. The summed E-state index contributed by atoms with van der Waals surface area (Å²) in [7, 11) is 1.39. The van der Waals surface area contributed by atoms with E-state index in [0.717, 1.165) is 12.1 Å². The van der Waals surface area contributed by atoms with Crippen molar-refractivity contribution >= 4 is 29.4 Å². The van der Waals surface area contributed by atoms with Gasteiger partial charge in [-0.15, -0.1) is 0 Å². The van der Waals surface area contributed by atoms with Gasteiger partial charge in [0.2, 0.25) is 5.91 Å². The Balaban J connectivity index is 1.81. The highest BCUT2D eigenvalue weighted by atomic mass is 19.4. The molecule has 0 unspecified atom stereocenters. The van der Waals surface area contributed by atoms with Crippen LogP contribution in [-0.2, 0) is 6.18 Å². The molecule has 0 fully saturated rings. The molecule has 0 saturated carbocycles. The Hall–Kier alpha value is -5.39. The average molecular weight is 563 g/mol. The molecule has 2 aromatic carbocycles. The van der Waals surface area contributed by atoms with E-state index in [1.54, 1.807) is 30.3 Å². The summed E-state index contributed by atoms with van der Waals surface area (Å²) < 4.78 is 56.0. The fourth-order valence-electron chi connectivity index (χ4n) is 3.89. The second-order valence-corrected chi connectivity index (χ2v) is 8.64. The van der Waals surface area contributed by atoms with Crippen LogP contribution in [0.25, 0.3) is 28.2 Å². The minimum Gasteiger partial charge on any atom is -0.398 e. The van der Waals surface area contributed by atoms with E-state index in [0.29, 0.717) is 22.5 Å². The van der Waals surface area contributed by atoms with Crippen LogP contribution >= 0.6 is 0 Å². The third-order valence-electron chi connectivity index (χ3n) is 5.90. The molecule has 0 atom stereocenters. The largest absolute Gasteiger partial charge is 0.417 e. The van der Waals surface area contributed by atoms with E-state index in [9.17, 15) is 27.2 Å². The summed E-state index contributed by atoms with van der Waals surface area (Å²) >= 11 is 0. The van der Waals surface area contributed by atoms with Crippen LogP contribution in [0.2, 0.25) is 0 Å². The van der Waals surface area contributed by atoms with Crippen LogP contribution in [0.3, 0.4) is 0 Å². The molecule has 5 N–H and O–H groups in total. The minimum absolute atomic E-state index is 0.127. The van der Waals surface area contributed by atoms with E-state index in [4.69, 9.17) is 11.5 Å². The molecule has 12 heteroatoms. The highest BCUT2D eigenvalue weighted by Crippen LogP contribution is 2.36. The van der Waals surface area contributed by atoms with Crippen molar-refractivity contribution in [3.8, 4) is 22.5 Å². The molecule has 0 bridgehead atoms. The summed E-state index contributed by atoms with van der Waals surface area (Å²) in [5.41, 5.74) is 10.2. The fourth-order valence-corrected chi connectivity index (χ4v) is 3.89. The Morgan fingerprint density at radius 2 is 1.66 bits per heavy atom. The van der Waals surface area contributed by atoms with Gasteiger partial charge in [0.25, 0.3) is 5.91 Å². The van der Waals surface area contributed by atoms with Crippen molar-refractivity contribution in [2.24, 2.45) is 16.5 Å². The van der Waals surface area contributed by atoms with Gasteiger partial charge < -0.3 is 16.8 Å². The lowest BCUT2D eigenvalue weighted by molar-refractivity contribution is -0.138. The summed E-state index contributed by atoms with van der Waals surface area (Å²) in [4.78, 5) is 37.0. The molecule has 208 valence electrons. The molecule has 0 spiro atoms. The normalized spacial score (nSPS) is 12.0. The molecular weight excluding hydrogens is 540 g/mol. The predicted octanol–water partition coefficient (Wildman–Crippen LogP) is 5.32. The number of hydrogen-bond acceptors (Lipinski definition) is 6. The zero-order valence-electron chi connectivity index (χ0n) is 21.4. The van der Waals surface area contributed by atoms with Crippen LogP contribution < -0.4 is 16.8 Å². The van der Waals surface area contributed by atoms with E-state index in [2.05, 4.69) is 20.3 Å². The lowest BCUT2D eigenvalue weighted by Crippen LogP contribution is -2.19. The second-order valence-electron chi connectivity index (χ2n) is 8.64. The molecule has 0 aliphatic carbocycles. The monoisotopic (exact) mass is 562 g/mol. The SMILES string of the molecule is CN=CC=C(N)c1cc(C(=O)Nc2cc(-c3ccc(C(N)=O)cn3)cnc2-c2ccccc2)c(F)cc1C(F)(F)F. The quantitative estimate of drug-likeness (QED) is 0.207. The molecule has 4 aromatic rings. The number of primary amides is 1. The Morgan fingerprint density at radius 3 is 2.27 bits per heavy atom. The second kappa shape index (κ2) is 11.8. The zero-order valence-corrected chi connectivity index (χ0v) is 21.4. The van der Waals surface area contributed by atoms with E-state index in [1.165, 1.54) is 43.9 Å². The number of allylic oxidation sites excluding steroid dienone is 1. The molecule has 0 aliphatic heterocycles. The van der Waals surface area contributed by atoms with Crippen LogP contribution in [0, 0.1) is 5.82 Å². The molecule has 0 radical (unpaired) electrons. The van der Waals surface area contributed by atoms with Gasteiger partial charge >= 0.3 is 6.18 Å². The fraction of sp³-hybridized carbons (Fsp3) is 0.0690. The number of pyridine rings is 2. The number of nitrogens with zero attached hydrogens (tertiary/aromatic N) is 3. The molecule has 2 heterocycles. The maximum Gasteiger partial charge on any atom is 0.417 e. The standard InChI is InChI=1S/C29H22F4N6O2/c1-36-10-9-23(34)19-12-20(22(30)13-21(19)29(31,32)33)28(41)39-25-11-18(24-8-7-17(14-37-24)27(35)40)15-38-26(25)16-5-3-2-4-6-16/h2-15H,34H2,1H3,(H2,35,40)(H,39,41). The Labute approximate surface area is 231 Å². The Morgan fingerprint density at radius 1 is 0.927 bits per heavy atom. The van der Waals surface area contributed by atoms with Gasteiger partial charge in [-0.2, -0.15) is 13.2 Å². The molecular formula is C29H22F4N6O2. The molecule has 41 heavy (non-hydrogen) atoms. The number of carbonyl (C=O) groups is 2. The van der Waals surface area contributed by atoms with Crippen LogP contribution in [0.1, 0.15) is 31.8 Å². The highest BCUT2D eigenvalue weighted by Gasteiger charge is 2.36. The van der Waals surface area contributed by atoms with Gasteiger partial charge in [-0.25, -0.2) is 4.39 Å². The van der Waals surface area contributed by atoms with Gasteiger partial charge in [-0.05, 0) is 36.4 Å². The van der Waals surface area contributed by atoms with Crippen LogP contribution in [0.15, 0.2) is 84.1 Å². The summed E-state index contributed by atoms with van der Waals surface area (Å²) in [6.07, 6.45) is 0.111. The third-order valence-corrected chi connectivity index (χ3v) is 5.90. The number of carbonyl (C=O) groups excluding carboxylic acids is 2. The average Bonchev–Trinajstić information content (AvgIpc) is 2.95. The maximum absolute atomic E-state index is 15.0. The van der Waals surface area contributed by atoms with Crippen molar-refractivity contribution in [2.45, 2.75) is 6.18 Å². The number of aromatic nitrogens is 2. The maximum atomic E-state index is 15.0. The van der Waals surface area contributed by atoms with Crippen LogP contribution in [0.5, 0.6) is 0 Å². The minimum atomic E-state index is -4.94. The van der Waals surface area contributed by atoms with Crippen LogP contribution in [-0.4, -0.2) is 35.0 Å². The number of alkyl halides is 3. The summed E-state index contributed by atoms with van der Waals surface area (Å²) in [5, 5.41) is 2.56. The van der Waals surface area contributed by atoms with E-state index >= 15 is 0 Å². The number of anilines is 1. The lowest BCUT2D eigenvalue weighted by atomic mass is 9.99. The number of nitrogens with two attached hydrogens (primary N) is 2. The first-order valence-corrected chi connectivity index (χ1v) is 11.9. The topological polar surface area (TPSA) is 136 Å². The van der Waals surface area contributed by atoms with Crippen molar-refractivity contribution in [3.63, 3.8) is 0 Å². The number of aliphatic imine (C=N–C) groups is 1. The molecule has 0 saturated heterocycles. The van der Waals surface area contributed by atoms with E-state index in [-0.39, 0.29) is 23.0 Å². The van der Waals surface area contributed by atoms with Gasteiger partial charge in [0.05, 0.1) is 33.8 Å². The lowest BCUT2D eigenvalue weighted by Gasteiger charge is -2.17. The van der Waals surface area contributed by atoms with Crippen molar-refractivity contribution in [1.29, 1.82) is 0 Å². The Bertz CT molecular complexity index is 1670. The first-order valence-electron chi connectivity index (χ1n) is 11.9. The van der Waals surface area contributed by atoms with Crippen molar-refractivity contribution in [1.82, 2.24) is 9.97 Å².